The van der Waals surface area contributed by atoms with Crippen LogP contribution in [0.2, 0.25) is 0 Å². The summed E-state index contributed by atoms with van der Waals surface area (Å²) >= 11 is 0. The van der Waals surface area contributed by atoms with E-state index in [1.54, 1.807) is 25.1 Å². The number of ether oxygens (including phenoxy) is 2. The van der Waals surface area contributed by atoms with Crippen molar-refractivity contribution in [1.29, 1.82) is 0 Å². The van der Waals surface area contributed by atoms with Crippen LogP contribution in [0.15, 0.2) is 30.3 Å². The number of carbonyl (C=O) groups is 1. The molecule has 5 nitrogen and oxygen atoms in total. The summed E-state index contributed by atoms with van der Waals surface area (Å²) in [6.45, 7) is -0.130. The molecule has 43 heavy (non-hydrogen) atoms. The van der Waals surface area contributed by atoms with Crippen molar-refractivity contribution in [2.45, 2.75) is 69.9 Å². The first kappa shape index (κ1) is 31.4. The van der Waals surface area contributed by atoms with Gasteiger partial charge in [-0.05, 0) is 86.3 Å². The summed E-state index contributed by atoms with van der Waals surface area (Å²) in [5, 5.41) is 0.756. The Labute approximate surface area is 248 Å². The second-order valence-electron chi connectivity index (χ2n) is 12.3. The fourth-order valence-corrected chi connectivity index (χ4v) is 7.04. The molecule has 2 atom stereocenters. The number of methoxy groups -OCH3 is 2. The van der Waals surface area contributed by atoms with E-state index < -0.39 is 48.8 Å². The van der Waals surface area contributed by atoms with E-state index >= 15 is 8.78 Å². The Bertz CT molecular complexity index is 1430. The van der Waals surface area contributed by atoms with E-state index in [9.17, 15) is 18.0 Å². The number of rotatable bonds is 12. The number of halogens is 5. The Kier molecular flexibility index (Phi) is 9.46. The van der Waals surface area contributed by atoms with Gasteiger partial charge in [0.05, 0.1) is 31.9 Å². The number of hydrogen-bond donors (Lipinski definition) is 1. The van der Waals surface area contributed by atoms with Gasteiger partial charge < -0.3 is 14.5 Å². The van der Waals surface area contributed by atoms with Crippen LogP contribution in [0.3, 0.4) is 0 Å². The van der Waals surface area contributed by atoms with Crippen LogP contribution in [0.5, 0.6) is 0 Å². The van der Waals surface area contributed by atoms with Crippen LogP contribution < -0.4 is 0 Å². The maximum atomic E-state index is 16.0. The predicted octanol–water partition coefficient (Wildman–Crippen LogP) is 7.56. The lowest BCUT2D eigenvalue weighted by atomic mass is 9.70. The van der Waals surface area contributed by atoms with Crippen molar-refractivity contribution in [3.63, 3.8) is 0 Å². The largest absolute Gasteiger partial charge is 0.465 e. The highest BCUT2D eigenvalue weighted by Crippen LogP contribution is 2.45. The van der Waals surface area contributed by atoms with Gasteiger partial charge in [0.1, 0.15) is 18.2 Å². The quantitative estimate of drug-likeness (QED) is 0.131. The Balaban J connectivity index is 1.50. The molecule has 1 aliphatic heterocycles. The van der Waals surface area contributed by atoms with Gasteiger partial charge in [0, 0.05) is 35.3 Å². The van der Waals surface area contributed by atoms with Gasteiger partial charge in [0.15, 0.2) is 0 Å². The van der Waals surface area contributed by atoms with Gasteiger partial charge >= 0.3 is 5.97 Å². The second kappa shape index (κ2) is 12.9. The Hall–Kier alpha value is -2.98. The van der Waals surface area contributed by atoms with E-state index in [0.29, 0.717) is 53.4 Å². The van der Waals surface area contributed by atoms with Crippen molar-refractivity contribution in [1.82, 2.24) is 9.88 Å². The van der Waals surface area contributed by atoms with E-state index in [2.05, 4.69) is 4.98 Å². The average molecular weight is 607 g/mol. The molecule has 3 aromatic rings. The summed E-state index contributed by atoms with van der Waals surface area (Å²) in [5.41, 5.74) is 2.28. The lowest BCUT2D eigenvalue weighted by molar-refractivity contribution is -0.0966. The molecule has 0 bridgehead atoms. The summed E-state index contributed by atoms with van der Waals surface area (Å²) in [6, 6.07) is 5.98. The molecular formula is C33H39F5N2O3. The number of esters is 1. The molecule has 1 aliphatic carbocycles. The molecular weight excluding hydrogens is 567 g/mol. The molecule has 2 aliphatic rings. The van der Waals surface area contributed by atoms with Gasteiger partial charge in [-0.25, -0.2) is 22.4 Å². The van der Waals surface area contributed by atoms with E-state index in [1.807, 2.05) is 0 Å². The molecule has 0 amide bonds. The average Bonchev–Trinajstić information content (AvgIpc) is 3.29. The Morgan fingerprint density at radius 3 is 2.44 bits per heavy atom. The molecule has 2 aromatic carbocycles. The third-order valence-corrected chi connectivity index (χ3v) is 9.07. The number of nitrogens with one attached hydrogen (secondary N) is 1. The minimum Gasteiger partial charge on any atom is -0.465 e. The highest BCUT2D eigenvalue weighted by molar-refractivity contribution is 5.96. The first-order valence-corrected chi connectivity index (χ1v) is 14.9. The molecule has 2 heterocycles. The van der Waals surface area contributed by atoms with Crippen molar-refractivity contribution in [2.24, 2.45) is 11.8 Å². The van der Waals surface area contributed by atoms with Gasteiger partial charge in [-0.2, -0.15) is 0 Å². The first-order valence-electron chi connectivity index (χ1n) is 14.9. The molecule has 1 fully saturated rings. The molecule has 10 heteroatoms. The van der Waals surface area contributed by atoms with E-state index in [0.717, 1.165) is 36.6 Å². The van der Waals surface area contributed by atoms with Gasteiger partial charge in [0.2, 0.25) is 0 Å². The maximum absolute atomic E-state index is 16.0. The number of unbranched alkanes of at least 4 members (excludes halogenated alkanes) is 1. The maximum Gasteiger partial charge on any atom is 0.337 e. The zero-order valence-corrected chi connectivity index (χ0v) is 24.8. The summed E-state index contributed by atoms with van der Waals surface area (Å²) in [4.78, 5) is 16.8. The minimum atomic E-state index is -3.26. The summed E-state index contributed by atoms with van der Waals surface area (Å²) in [5.74, 6) is -4.54. The number of aromatic nitrogens is 1. The molecule has 234 valence electrons. The van der Waals surface area contributed by atoms with Crippen LogP contribution in [0, 0.1) is 23.5 Å². The molecule has 0 saturated heterocycles. The molecule has 1 N–H and O–H groups in total. The zero-order chi connectivity index (χ0) is 30.9. The van der Waals surface area contributed by atoms with Crippen LogP contribution in [0.4, 0.5) is 22.0 Å². The zero-order valence-electron chi connectivity index (χ0n) is 24.8. The van der Waals surface area contributed by atoms with Gasteiger partial charge in [-0.15, -0.1) is 0 Å². The number of fused-ring (bicyclic) bond motifs is 3. The van der Waals surface area contributed by atoms with Crippen molar-refractivity contribution in [2.75, 3.05) is 34.0 Å². The van der Waals surface area contributed by atoms with Crippen LogP contribution in [0.1, 0.15) is 77.8 Å². The van der Waals surface area contributed by atoms with Crippen molar-refractivity contribution in [3.05, 3.63) is 69.9 Å². The Morgan fingerprint density at radius 1 is 1.07 bits per heavy atom. The van der Waals surface area contributed by atoms with Crippen LogP contribution in [-0.4, -0.2) is 61.9 Å². The van der Waals surface area contributed by atoms with Crippen molar-refractivity contribution >= 4 is 16.9 Å². The van der Waals surface area contributed by atoms with Crippen LogP contribution >= 0.6 is 0 Å². The first-order chi connectivity index (χ1) is 20.5. The number of carbonyl (C=O) groups excluding carboxylic acids is 1. The number of H-pyrrole nitrogens is 1. The van der Waals surface area contributed by atoms with Crippen LogP contribution in [0.25, 0.3) is 10.9 Å². The topological polar surface area (TPSA) is 54.6 Å². The van der Waals surface area contributed by atoms with Crippen molar-refractivity contribution < 1.29 is 36.2 Å². The van der Waals surface area contributed by atoms with E-state index in [4.69, 9.17) is 9.47 Å². The highest BCUT2D eigenvalue weighted by Gasteiger charge is 2.44. The summed E-state index contributed by atoms with van der Waals surface area (Å²) < 4.78 is 83.9. The number of alkyl halides is 3. The van der Waals surface area contributed by atoms with Gasteiger partial charge in [-0.1, -0.05) is 18.9 Å². The molecule has 1 aromatic heterocycles. The molecule has 5 rings (SSSR count). The standard InChI is InChI=1S/C33H39F5N2O3/c1-19-10-25-24-8-7-23(32(41)43-3)16-28(24)39-30(25)31(40(19)17-33(37,38)18-42-2)29-26(35)14-22(15-27(29)36)13-21-11-20(12-21)6-4-5-9-34/h7-8,14-16,19-21,31,39H,4-6,9-13,17-18H2,1-3H3/t19-,20?,21?,31-/m1/s1. The monoisotopic (exact) mass is 606 g/mol. The fourth-order valence-electron chi connectivity index (χ4n) is 7.04. The summed E-state index contributed by atoms with van der Waals surface area (Å²) in [6.07, 6.45) is 5.18. The smallest absolute Gasteiger partial charge is 0.337 e. The van der Waals surface area contributed by atoms with E-state index in [-0.39, 0.29) is 12.2 Å². The normalized spacial score (nSPS) is 22.4. The number of hydrogen-bond acceptors (Lipinski definition) is 4. The van der Waals surface area contributed by atoms with E-state index in [1.165, 1.54) is 31.3 Å². The number of nitrogens with zero attached hydrogens (tertiary/aromatic N) is 1. The lowest BCUT2D eigenvalue weighted by Crippen LogP contribution is -2.49. The van der Waals surface area contributed by atoms with Crippen molar-refractivity contribution in [3.8, 4) is 0 Å². The van der Waals surface area contributed by atoms with Gasteiger partial charge in [-0.3, -0.25) is 9.29 Å². The SMILES string of the molecule is COCC(F)(F)CN1[C@H](c2c(F)cc(CC3CC(CCCCF)C3)cc2F)c2[nH]c3cc(C(=O)OC)ccc3c2C[C@H]1C. The third-order valence-electron chi connectivity index (χ3n) is 9.07. The van der Waals surface area contributed by atoms with Gasteiger partial charge in [0.25, 0.3) is 5.92 Å². The predicted molar refractivity (Wildman–Crippen MR) is 154 cm³/mol. The third kappa shape index (κ3) is 6.60. The summed E-state index contributed by atoms with van der Waals surface area (Å²) in [7, 11) is 2.46. The molecule has 1 saturated carbocycles. The Morgan fingerprint density at radius 2 is 1.79 bits per heavy atom. The fraction of sp³-hybridized carbons (Fsp3) is 0.545. The minimum absolute atomic E-state index is 0.290. The number of aromatic amines is 1. The van der Waals surface area contributed by atoms with Crippen LogP contribution in [-0.2, 0) is 22.3 Å². The second-order valence-corrected chi connectivity index (χ2v) is 12.3. The number of benzene rings is 2. The molecule has 0 radical (unpaired) electrons. The molecule has 0 unspecified atom stereocenters. The molecule has 0 spiro atoms. The lowest BCUT2D eigenvalue weighted by Gasteiger charge is -2.42. The highest BCUT2D eigenvalue weighted by atomic mass is 19.3.